The highest BCUT2D eigenvalue weighted by Crippen LogP contribution is 2.24. The van der Waals surface area contributed by atoms with Crippen LogP contribution in [0.25, 0.3) is 0 Å². The topological polar surface area (TPSA) is 61.4 Å². The second kappa shape index (κ2) is 6.18. The van der Waals surface area contributed by atoms with E-state index in [4.69, 9.17) is 0 Å². The van der Waals surface area contributed by atoms with Crippen molar-refractivity contribution in [3.05, 3.63) is 0 Å². The molecular weight excluding hydrogens is 230 g/mol. The van der Waals surface area contributed by atoms with Gasteiger partial charge in [0.1, 0.15) is 6.04 Å². The molecule has 1 saturated carbocycles. The summed E-state index contributed by atoms with van der Waals surface area (Å²) in [6.07, 6.45) is 6.41. The summed E-state index contributed by atoms with van der Waals surface area (Å²) in [5.74, 6) is 0.723. The molecule has 2 aliphatic rings. The van der Waals surface area contributed by atoms with Crippen molar-refractivity contribution in [2.45, 2.75) is 38.1 Å². The van der Waals surface area contributed by atoms with Crippen LogP contribution in [0, 0.1) is 5.92 Å². The van der Waals surface area contributed by atoms with Gasteiger partial charge in [-0.25, -0.2) is 0 Å². The number of amides is 2. The fourth-order valence-corrected chi connectivity index (χ4v) is 2.85. The third-order valence-electron chi connectivity index (χ3n) is 3.94. The Labute approximate surface area is 108 Å². The van der Waals surface area contributed by atoms with Crippen LogP contribution in [0.3, 0.4) is 0 Å². The summed E-state index contributed by atoms with van der Waals surface area (Å²) in [6, 6.07) is -0.253. The Morgan fingerprint density at radius 3 is 2.67 bits per heavy atom. The monoisotopic (exact) mass is 253 g/mol. The molecule has 5 heteroatoms. The van der Waals surface area contributed by atoms with Crippen molar-refractivity contribution < 1.29 is 9.59 Å². The van der Waals surface area contributed by atoms with Crippen molar-refractivity contribution in [1.29, 1.82) is 0 Å². The fourth-order valence-electron chi connectivity index (χ4n) is 2.85. The molecule has 0 aromatic carbocycles. The average Bonchev–Trinajstić information content (AvgIpc) is 2.40. The van der Waals surface area contributed by atoms with Crippen LogP contribution < -0.4 is 10.6 Å². The first-order chi connectivity index (χ1) is 8.66. The molecule has 1 aliphatic heterocycles. The number of carbonyl (C=O) groups is 2. The van der Waals surface area contributed by atoms with Gasteiger partial charge in [-0.2, -0.15) is 0 Å². The van der Waals surface area contributed by atoms with E-state index in [0.717, 1.165) is 6.54 Å². The minimum atomic E-state index is -0.253. The Balaban J connectivity index is 1.78. The van der Waals surface area contributed by atoms with Gasteiger partial charge >= 0.3 is 0 Å². The fraction of sp³-hybridized carbons (Fsp3) is 0.846. The number of hydrogen-bond acceptors (Lipinski definition) is 3. The van der Waals surface area contributed by atoms with Crippen LogP contribution in [0.1, 0.15) is 32.1 Å². The molecule has 1 saturated heterocycles. The molecular formula is C13H23N3O2. The summed E-state index contributed by atoms with van der Waals surface area (Å²) < 4.78 is 0. The molecule has 18 heavy (non-hydrogen) atoms. The summed E-state index contributed by atoms with van der Waals surface area (Å²) in [7, 11) is 1.87. The molecule has 0 radical (unpaired) electrons. The highest BCUT2D eigenvalue weighted by Gasteiger charge is 2.27. The first kappa shape index (κ1) is 13.3. The molecule has 2 N–H and O–H groups in total. The standard InChI is InChI=1S/C13H23N3O2/c1-16(9-10-5-3-2-4-6-10)13(18)11-7-15-12(17)8-14-11/h10-11,14H,2-9H2,1H3,(H,15,17). The normalized spacial score (nSPS) is 25.6. The third kappa shape index (κ3) is 3.45. The molecule has 2 amide bonds. The predicted octanol–water partition coefficient (Wildman–Crippen LogP) is 0.113. The first-order valence-electron chi connectivity index (χ1n) is 6.92. The van der Waals surface area contributed by atoms with Gasteiger partial charge in [-0.15, -0.1) is 0 Å². The molecule has 0 spiro atoms. The van der Waals surface area contributed by atoms with E-state index in [0.29, 0.717) is 12.5 Å². The van der Waals surface area contributed by atoms with Crippen molar-refractivity contribution in [2.75, 3.05) is 26.7 Å². The van der Waals surface area contributed by atoms with E-state index >= 15 is 0 Å². The maximum absolute atomic E-state index is 12.2. The summed E-state index contributed by atoms with van der Waals surface area (Å²) >= 11 is 0. The van der Waals surface area contributed by atoms with Crippen LogP contribution in [0.4, 0.5) is 0 Å². The second-order valence-corrected chi connectivity index (χ2v) is 5.46. The second-order valence-electron chi connectivity index (χ2n) is 5.46. The van der Waals surface area contributed by atoms with E-state index < -0.39 is 0 Å². The van der Waals surface area contributed by atoms with E-state index in [1.54, 1.807) is 0 Å². The maximum atomic E-state index is 12.2. The van der Waals surface area contributed by atoms with E-state index in [-0.39, 0.29) is 24.4 Å². The highest BCUT2D eigenvalue weighted by atomic mass is 16.2. The molecule has 1 heterocycles. The Morgan fingerprint density at radius 1 is 1.33 bits per heavy atom. The van der Waals surface area contributed by atoms with Crippen LogP contribution in [-0.4, -0.2) is 49.4 Å². The lowest BCUT2D eigenvalue weighted by atomic mass is 9.89. The number of nitrogens with one attached hydrogen (secondary N) is 2. The van der Waals surface area contributed by atoms with Crippen LogP contribution in [0.5, 0.6) is 0 Å². The molecule has 1 aliphatic carbocycles. The Morgan fingerprint density at radius 2 is 2.06 bits per heavy atom. The van der Waals surface area contributed by atoms with Gasteiger partial charge in [0.25, 0.3) is 0 Å². The zero-order valence-electron chi connectivity index (χ0n) is 11.1. The van der Waals surface area contributed by atoms with Crippen molar-refractivity contribution in [3.63, 3.8) is 0 Å². The zero-order chi connectivity index (χ0) is 13.0. The molecule has 5 nitrogen and oxygen atoms in total. The third-order valence-corrected chi connectivity index (χ3v) is 3.94. The maximum Gasteiger partial charge on any atom is 0.241 e. The minimum absolute atomic E-state index is 0.0333. The summed E-state index contributed by atoms with van der Waals surface area (Å²) in [6.45, 7) is 1.51. The quantitative estimate of drug-likeness (QED) is 0.750. The predicted molar refractivity (Wildman–Crippen MR) is 69.0 cm³/mol. The van der Waals surface area contributed by atoms with E-state index in [9.17, 15) is 9.59 Å². The van der Waals surface area contributed by atoms with Crippen molar-refractivity contribution in [3.8, 4) is 0 Å². The van der Waals surface area contributed by atoms with Gasteiger partial charge in [0, 0.05) is 20.1 Å². The van der Waals surface area contributed by atoms with Crippen LogP contribution in [-0.2, 0) is 9.59 Å². The van der Waals surface area contributed by atoms with Crippen molar-refractivity contribution >= 4 is 11.8 Å². The lowest BCUT2D eigenvalue weighted by Crippen LogP contribution is -2.58. The highest BCUT2D eigenvalue weighted by molar-refractivity contribution is 5.86. The Bertz CT molecular complexity index is 303. The van der Waals surface area contributed by atoms with Gasteiger partial charge in [-0.05, 0) is 18.8 Å². The number of carbonyl (C=O) groups excluding carboxylic acids is 2. The molecule has 0 bridgehead atoms. The molecule has 1 unspecified atom stereocenters. The van der Waals surface area contributed by atoms with Crippen LogP contribution in [0.2, 0.25) is 0 Å². The van der Waals surface area contributed by atoms with Crippen molar-refractivity contribution in [2.24, 2.45) is 5.92 Å². The van der Waals surface area contributed by atoms with Crippen LogP contribution >= 0.6 is 0 Å². The number of hydrogen-bond donors (Lipinski definition) is 2. The number of likely N-dealkylation sites (N-methyl/N-ethyl adjacent to an activating group) is 1. The Hall–Kier alpha value is -1.10. The molecule has 2 fully saturated rings. The molecule has 1 atom stereocenters. The Kier molecular flexibility index (Phi) is 4.58. The largest absolute Gasteiger partial charge is 0.353 e. The molecule has 0 aromatic heterocycles. The zero-order valence-corrected chi connectivity index (χ0v) is 11.1. The summed E-state index contributed by atoms with van der Waals surface area (Å²) in [4.78, 5) is 25.0. The number of piperazine rings is 1. The first-order valence-corrected chi connectivity index (χ1v) is 6.92. The van der Waals surface area contributed by atoms with Gasteiger partial charge in [-0.1, -0.05) is 19.3 Å². The number of rotatable bonds is 3. The van der Waals surface area contributed by atoms with Crippen molar-refractivity contribution in [1.82, 2.24) is 15.5 Å². The minimum Gasteiger partial charge on any atom is -0.353 e. The SMILES string of the molecule is CN(CC1CCCCC1)C(=O)C1CNC(=O)CN1. The summed E-state index contributed by atoms with van der Waals surface area (Å²) in [5.41, 5.74) is 0. The average molecular weight is 253 g/mol. The smallest absolute Gasteiger partial charge is 0.241 e. The van der Waals surface area contributed by atoms with Crippen LogP contribution in [0.15, 0.2) is 0 Å². The lowest BCUT2D eigenvalue weighted by Gasteiger charge is -2.31. The van der Waals surface area contributed by atoms with Gasteiger partial charge in [0.2, 0.25) is 11.8 Å². The summed E-state index contributed by atoms with van der Waals surface area (Å²) in [5, 5.41) is 5.71. The molecule has 102 valence electrons. The van der Waals surface area contributed by atoms with E-state index in [2.05, 4.69) is 10.6 Å². The van der Waals surface area contributed by atoms with Gasteiger partial charge in [0.05, 0.1) is 6.54 Å². The van der Waals surface area contributed by atoms with E-state index in [1.807, 2.05) is 11.9 Å². The van der Waals surface area contributed by atoms with Gasteiger partial charge < -0.3 is 10.2 Å². The van der Waals surface area contributed by atoms with Gasteiger partial charge in [0.15, 0.2) is 0 Å². The molecule has 0 aromatic rings. The molecule has 2 rings (SSSR count). The van der Waals surface area contributed by atoms with Gasteiger partial charge in [-0.3, -0.25) is 14.9 Å². The van der Waals surface area contributed by atoms with E-state index in [1.165, 1.54) is 32.1 Å². The lowest BCUT2D eigenvalue weighted by molar-refractivity contribution is -0.134. The number of nitrogens with zero attached hydrogens (tertiary/aromatic N) is 1.